The van der Waals surface area contributed by atoms with Gasteiger partial charge in [-0.05, 0) is 18.6 Å². The summed E-state index contributed by atoms with van der Waals surface area (Å²) in [6, 6.07) is 8.10. The van der Waals surface area contributed by atoms with Crippen molar-refractivity contribution in [2.75, 3.05) is 25.2 Å². The molecule has 1 heterocycles. The second-order valence-electron chi connectivity index (χ2n) is 3.89. The zero-order valence-electron chi connectivity index (χ0n) is 9.89. The highest BCUT2D eigenvalue weighted by Gasteiger charge is 2.15. The molecule has 3 nitrogen and oxygen atoms in total. The van der Waals surface area contributed by atoms with Crippen molar-refractivity contribution >= 4 is 5.69 Å². The lowest BCUT2D eigenvalue weighted by Crippen LogP contribution is -2.25. The highest BCUT2D eigenvalue weighted by Crippen LogP contribution is 2.29. The number of anilines is 1. The predicted octanol–water partition coefficient (Wildman–Crippen LogP) is 2.66. The Labute approximate surface area is 96.9 Å². The topological polar surface area (TPSA) is 15.7 Å². The van der Waals surface area contributed by atoms with Crippen LogP contribution in [0, 0.1) is 0 Å². The Bertz CT molecular complexity index is 376. The molecule has 0 saturated heterocycles. The molecular formula is C13H18N2O. The summed E-state index contributed by atoms with van der Waals surface area (Å²) in [4.78, 5) is 4.50. The van der Waals surface area contributed by atoms with Crippen LogP contribution in [0.25, 0.3) is 0 Å². The molecule has 1 aromatic rings. The van der Waals surface area contributed by atoms with Gasteiger partial charge < -0.3 is 14.5 Å². The van der Waals surface area contributed by atoms with Crippen LogP contribution in [0.1, 0.15) is 13.3 Å². The highest BCUT2D eigenvalue weighted by atomic mass is 16.5. The molecule has 0 atom stereocenters. The Kier molecular flexibility index (Phi) is 3.34. The Balaban J connectivity index is 2.12. The number of ether oxygens (including phenoxy) is 1. The number of para-hydroxylation sites is 2. The number of hydrogen-bond acceptors (Lipinski definition) is 3. The standard InChI is InChI=1S/C13H18N2O/c1-3-8-14-9-10-15(11-14)12-6-4-5-7-13(12)16-2/h4-7,9-10H,3,8,11H2,1-2H3. The lowest BCUT2D eigenvalue weighted by atomic mass is 10.3. The van der Waals surface area contributed by atoms with E-state index in [1.54, 1.807) is 7.11 Å². The number of methoxy groups -OCH3 is 1. The van der Waals surface area contributed by atoms with Crippen molar-refractivity contribution in [1.29, 1.82) is 0 Å². The van der Waals surface area contributed by atoms with Gasteiger partial charge in [0.1, 0.15) is 5.75 Å². The maximum Gasteiger partial charge on any atom is 0.142 e. The van der Waals surface area contributed by atoms with Gasteiger partial charge >= 0.3 is 0 Å². The minimum atomic E-state index is 0.911. The van der Waals surface area contributed by atoms with Gasteiger partial charge in [-0.2, -0.15) is 0 Å². The van der Waals surface area contributed by atoms with Gasteiger partial charge in [-0.3, -0.25) is 0 Å². The molecule has 0 unspecified atom stereocenters. The highest BCUT2D eigenvalue weighted by molar-refractivity contribution is 5.60. The van der Waals surface area contributed by atoms with E-state index in [2.05, 4.69) is 35.2 Å². The summed E-state index contributed by atoms with van der Waals surface area (Å²) in [7, 11) is 1.71. The van der Waals surface area contributed by atoms with E-state index in [1.165, 1.54) is 6.42 Å². The van der Waals surface area contributed by atoms with Gasteiger partial charge in [-0.25, -0.2) is 0 Å². The second kappa shape index (κ2) is 4.92. The van der Waals surface area contributed by atoms with Gasteiger partial charge in [0.15, 0.2) is 0 Å². The molecule has 1 aliphatic rings. The summed E-state index contributed by atoms with van der Waals surface area (Å²) in [5.74, 6) is 0.922. The Morgan fingerprint density at radius 3 is 2.81 bits per heavy atom. The second-order valence-corrected chi connectivity index (χ2v) is 3.89. The van der Waals surface area contributed by atoms with Crippen LogP contribution < -0.4 is 9.64 Å². The molecule has 86 valence electrons. The van der Waals surface area contributed by atoms with Crippen molar-refractivity contribution in [1.82, 2.24) is 4.90 Å². The zero-order chi connectivity index (χ0) is 11.4. The summed E-state index contributed by atoms with van der Waals surface area (Å²) in [6.45, 7) is 4.20. The van der Waals surface area contributed by atoms with E-state index in [1.807, 2.05) is 18.2 Å². The molecule has 1 aromatic carbocycles. The average Bonchev–Trinajstić information content (AvgIpc) is 2.78. The normalized spacial score (nSPS) is 14.6. The molecule has 0 bridgehead atoms. The van der Waals surface area contributed by atoms with Crippen molar-refractivity contribution in [2.45, 2.75) is 13.3 Å². The van der Waals surface area contributed by atoms with E-state index < -0.39 is 0 Å². The maximum atomic E-state index is 5.36. The SMILES string of the molecule is CCCN1C=CN(c2ccccc2OC)C1. The maximum absolute atomic E-state index is 5.36. The molecule has 0 radical (unpaired) electrons. The predicted molar refractivity (Wildman–Crippen MR) is 66.5 cm³/mol. The molecule has 0 fully saturated rings. The van der Waals surface area contributed by atoms with Gasteiger partial charge in [-0.15, -0.1) is 0 Å². The van der Waals surface area contributed by atoms with Gasteiger partial charge in [0.2, 0.25) is 0 Å². The van der Waals surface area contributed by atoms with Crippen LogP contribution in [0.3, 0.4) is 0 Å². The Morgan fingerprint density at radius 1 is 1.25 bits per heavy atom. The molecule has 0 spiro atoms. The fraction of sp³-hybridized carbons (Fsp3) is 0.385. The third-order valence-corrected chi connectivity index (χ3v) is 2.70. The molecule has 0 N–H and O–H groups in total. The smallest absolute Gasteiger partial charge is 0.142 e. The lowest BCUT2D eigenvalue weighted by molar-refractivity contribution is 0.397. The minimum Gasteiger partial charge on any atom is -0.495 e. The van der Waals surface area contributed by atoms with Crippen LogP contribution in [0.4, 0.5) is 5.69 Å². The quantitative estimate of drug-likeness (QED) is 0.772. The molecule has 2 rings (SSSR count). The third kappa shape index (κ3) is 2.13. The van der Waals surface area contributed by atoms with Gasteiger partial charge in [0, 0.05) is 18.9 Å². The summed E-state index contributed by atoms with van der Waals surface area (Å²) < 4.78 is 5.36. The van der Waals surface area contributed by atoms with Gasteiger partial charge in [-0.1, -0.05) is 19.1 Å². The summed E-state index contributed by atoms with van der Waals surface area (Å²) in [5.41, 5.74) is 1.12. The van der Waals surface area contributed by atoms with Crippen molar-refractivity contribution in [3.63, 3.8) is 0 Å². The van der Waals surface area contributed by atoms with Crippen LogP contribution in [0.15, 0.2) is 36.7 Å². The van der Waals surface area contributed by atoms with E-state index >= 15 is 0 Å². The van der Waals surface area contributed by atoms with Crippen molar-refractivity contribution < 1.29 is 4.74 Å². The first-order valence-corrected chi connectivity index (χ1v) is 5.67. The summed E-state index contributed by atoms with van der Waals surface area (Å²) in [5, 5.41) is 0. The van der Waals surface area contributed by atoms with Crippen LogP contribution in [-0.2, 0) is 0 Å². The molecule has 3 heteroatoms. The van der Waals surface area contributed by atoms with E-state index in [0.717, 1.165) is 24.7 Å². The van der Waals surface area contributed by atoms with Crippen LogP contribution in [-0.4, -0.2) is 25.2 Å². The molecule has 16 heavy (non-hydrogen) atoms. The van der Waals surface area contributed by atoms with Crippen molar-refractivity contribution in [2.24, 2.45) is 0 Å². The van der Waals surface area contributed by atoms with Crippen molar-refractivity contribution in [3.8, 4) is 5.75 Å². The fourth-order valence-electron chi connectivity index (χ4n) is 1.92. The van der Waals surface area contributed by atoms with Crippen LogP contribution in [0.2, 0.25) is 0 Å². The molecular weight excluding hydrogens is 200 g/mol. The molecule has 1 aliphatic heterocycles. The summed E-state index contributed by atoms with van der Waals surface area (Å²) >= 11 is 0. The lowest BCUT2D eigenvalue weighted by Gasteiger charge is -2.22. The zero-order valence-corrected chi connectivity index (χ0v) is 9.89. The van der Waals surface area contributed by atoms with Crippen molar-refractivity contribution in [3.05, 3.63) is 36.7 Å². The largest absolute Gasteiger partial charge is 0.495 e. The molecule has 0 saturated carbocycles. The van der Waals surface area contributed by atoms with Crippen LogP contribution in [0.5, 0.6) is 5.75 Å². The van der Waals surface area contributed by atoms with E-state index in [0.29, 0.717) is 0 Å². The first kappa shape index (κ1) is 10.9. The van der Waals surface area contributed by atoms with E-state index in [9.17, 15) is 0 Å². The summed E-state index contributed by atoms with van der Waals surface area (Å²) in [6.07, 6.45) is 5.41. The number of nitrogens with zero attached hydrogens (tertiary/aromatic N) is 2. The first-order valence-electron chi connectivity index (χ1n) is 5.67. The van der Waals surface area contributed by atoms with Gasteiger partial charge in [0.05, 0.1) is 19.5 Å². The fourth-order valence-corrected chi connectivity index (χ4v) is 1.92. The number of rotatable bonds is 4. The molecule has 0 aliphatic carbocycles. The molecule has 0 amide bonds. The van der Waals surface area contributed by atoms with Crippen LogP contribution >= 0.6 is 0 Å². The van der Waals surface area contributed by atoms with E-state index in [-0.39, 0.29) is 0 Å². The van der Waals surface area contributed by atoms with Gasteiger partial charge in [0.25, 0.3) is 0 Å². The average molecular weight is 218 g/mol. The third-order valence-electron chi connectivity index (χ3n) is 2.70. The monoisotopic (exact) mass is 218 g/mol. The minimum absolute atomic E-state index is 0.911. The molecule has 0 aromatic heterocycles. The van der Waals surface area contributed by atoms with E-state index in [4.69, 9.17) is 4.74 Å². The first-order chi connectivity index (χ1) is 7.85. The number of hydrogen-bond donors (Lipinski definition) is 0. The Morgan fingerprint density at radius 2 is 2.06 bits per heavy atom. The Hall–Kier alpha value is -1.64. The number of benzene rings is 1.